The summed E-state index contributed by atoms with van der Waals surface area (Å²) in [6.07, 6.45) is 36.1. The summed E-state index contributed by atoms with van der Waals surface area (Å²) in [5, 5.41) is 25.5. The third kappa shape index (κ3) is 13.7. The van der Waals surface area contributed by atoms with E-state index in [9.17, 15) is 9.90 Å². The normalized spacial score (nSPS) is 36.7. The van der Waals surface area contributed by atoms with Crippen LogP contribution in [0.4, 0.5) is 0 Å². The number of methoxy groups -OCH3 is 1. The molecule has 0 amide bonds. The molecule has 0 saturated heterocycles. The van der Waals surface area contributed by atoms with Crippen molar-refractivity contribution in [2.75, 3.05) is 7.11 Å². The van der Waals surface area contributed by atoms with E-state index < -0.39 is 0 Å². The number of ether oxygens (including phenoxy) is 2. The minimum absolute atomic E-state index is 0.260. The van der Waals surface area contributed by atoms with Gasteiger partial charge in [-0.25, -0.2) is 0 Å². The highest BCUT2D eigenvalue weighted by Crippen LogP contribution is 2.59. The second-order valence-corrected chi connectivity index (χ2v) is 31.9. The molecule has 85 heavy (non-hydrogen) atoms. The Morgan fingerprint density at radius 3 is 1.20 bits per heavy atom. The predicted molar refractivity (Wildman–Crippen MR) is 345 cm³/mol. The molecule has 16 bridgehead atoms. The molecule has 5 N–H and O–H groups in total. The Kier molecular flexibility index (Phi) is 17.3. The van der Waals surface area contributed by atoms with Gasteiger partial charge in [-0.2, -0.15) is 0 Å². The Bertz CT molecular complexity index is 2870. The zero-order chi connectivity index (χ0) is 58.7. The summed E-state index contributed by atoms with van der Waals surface area (Å²) in [6.45, 7) is 16.2. The first-order chi connectivity index (χ1) is 40.9. The zero-order valence-electron chi connectivity index (χ0n) is 53.5. The SMILES string of the molecule is CC(=O)Oc1ccc(CNC23CC4CC(CC(C4)C2)C3)c(C)c1.CCc1cc(OC)ccc1CNC12CC3CC(CC(C3)C1)C2.Cc1cc(CNC23CC4CC(CC(C4)C2)C3)ccc1O.Cc1ccc(C)c(CNC23CC4CC(CC(C4)C2)C3)c1. The number of hydrogen-bond donors (Lipinski definition) is 5. The molecule has 8 heteroatoms. The minimum atomic E-state index is -0.260. The van der Waals surface area contributed by atoms with Crippen molar-refractivity contribution in [2.45, 2.75) is 250 Å². The first-order valence-electron chi connectivity index (χ1n) is 34.7. The molecule has 0 unspecified atom stereocenters. The number of aromatic hydroxyl groups is 1. The Morgan fingerprint density at radius 1 is 0.424 bits per heavy atom. The average molecular weight is 1150 g/mol. The van der Waals surface area contributed by atoms with Gasteiger partial charge in [-0.05, 0) is 334 Å². The van der Waals surface area contributed by atoms with E-state index in [1.54, 1.807) is 7.11 Å². The van der Waals surface area contributed by atoms with E-state index in [-0.39, 0.29) is 5.97 Å². The molecular formula is C77H108N4O4. The Hall–Kier alpha value is -4.21. The largest absolute Gasteiger partial charge is 0.508 e. The Balaban J connectivity index is 0.000000106. The Labute approximate surface area is 512 Å². The molecular weight excluding hydrogens is 1040 g/mol. The van der Waals surface area contributed by atoms with E-state index in [0.717, 1.165) is 115 Å². The third-order valence-corrected chi connectivity index (χ3v) is 24.9. The molecule has 4 aromatic rings. The monoisotopic (exact) mass is 1150 g/mol. The molecule has 16 saturated carbocycles. The topological polar surface area (TPSA) is 104 Å². The number of hydrogen-bond acceptors (Lipinski definition) is 8. The van der Waals surface area contributed by atoms with Crippen LogP contribution in [0.5, 0.6) is 17.2 Å². The molecule has 0 radical (unpaired) electrons. The van der Waals surface area contributed by atoms with Gasteiger partial charge in [-0.3, -0.25) is 4.79 Å². The minimum Gasteiger partial charge on any atom is -0.508 e. The van der Waals surface area contributed by atoms with Gasteiger partial charge in [0, 0.05) is 55.3 Å². The number of phenolic OH excluding ortho intramolecular Hbond substituents is 1. The van der Waals surface area contributed by atoms with Crippen LogP contribution in [-0.2, 0) is 37.4 Å². The van der Waals surface area contributed by atoms with Crippen LogP contribution < -0.4 is 30.7 Å². The van der Waals surface area contributed by atoms with Gasteiger partial charge in [0.25, 0.3) is 0 Å². The molecule has 460 valence electrons. The molecule has 16 aliphatic carbocycles. The number of benzene rings is 4. The van der Waals surface area contributed by atoms with Crippen molar-refractivity contribution < 1.29 is 19.4 Å². The van der Waals surface area contributed by atoms with Gasteiger partial charge in [0.15, 0.2) is 0 Å². The standard InChI is InChI=1S/C20H27NO2.C20H29NO.C19H27N.C18H25NO/c1-13-5-19(23-14(2)22)4-3-18(13)12-21-20-9-15-6-16(10-20)8-17(7-15)11-20;1-3-17-9-19(22-2)5-4-18(17)13-21-20-10-14-6-15(11-20)8-16(7-14)12-20;1-13-3-4-14(2)18(5-13)12-20-19-9-15-6-16(10-19)8-17(7-15)11-19;1-12-4-13(2-3-17(12)20)11-19-18-8-14-5-15(9-18)7-16(6-14)10-18/h3-5,15-17,21H,6-12H2,1-2H3;4-5,9,14-16,21H,3,6-8,10-13H2,1-2H3;3-5,15-17,20H,6-12H2,1-2H3;2-4,14-16,19-20H,5-11H2,1H3. The number of nitrogens with one attached hydrogen (secondary N) is 4. The second kappa shape index (κ2) is 24.6. The smallest absolute Gasteiger partial charge is 0.308 e. The maximum absolute atomic E-state index is 11.1. The lowest BCUT2D eigenvalue weighted by Crippen LogP contribution is -2.58. The number of rotatable bonds is 15. The summed E-state index contributed by atoms with van der Waals surface area (Å²) in [4.78, 5) is 11.1. The highest BCUT2D eigenvalue weighted by molar-refractivity contribution is 5.69. The van der Waals surface area contributed by atoms with E-state index >= 15 is 0 Å². The fourth-order valence-electron chi connectivity index (χ4n) is 22.6. The summed E-state index contributed by atoms with van der Waals surface area (Å²) in [5.74, 6) is 13.8. The van der Waals surface area contributed by atoms with Gasteiger partial charge >= 0.3 is 5.97 Å². The zero-order valence-corrected chi connectivity index (χ0v) is 53.5. The number of carbonyl (C=O) groups excluding carboxylic acids is 1. The van der Waals surface area contributed by atoms with Crippen molar-refractivity contribution >= 4 is 5.97 Å². The second-order valence-electron chi connectivity index (χ2n) is 31.9. The first-order valence-corrected chi connectivity index (χ1v) is 34.7. The van der Waals surface area contributed by atoms with Gasteiger partial charge in [0.05, 0.1) is 7.11 Å². The third-order valence-electron chi connectivity index (χ3n) is 24.9. The van der Waals surface area contributed by atoms with E-state index in [0.29, 0.717) is 33.7 Å². The summed E-state index contributed by atoms with van der Waals surface area (Å²) in [7, 11) is 1.75. The molecule has 0 heterocycles. The predicted octanol–water partition coefficient (Wildman–Crippen LogP) is 16.4. The summed E-state index contributed by atoms with van der Waals surface area (Å²) >= 11 is 0. The van der Waals surface area contributed by atoms with Crippen molar-refractivity contribution in [3.05, 3.63) is 123 Å². The van der Waals surface area contributed by atoms with Gasteiger partial charge in [0.2, 0.25) is 0 Å². The summed E-state index contributed by atoms with van der Waals surface area (Å²) in [6, 6.07) is 25.4. The number of phenols is 1. The van der Waals surface area contributed by atoms with Crippen LogP contribution in [-0.4, -0.2) is 40.3 Å². The molecule has 0 atom stereocenters. The lowest BCUT2D eigenvalue weighted by molar-refractivity contribution is -0.131. The highest BCUT2D eigenvalue weighted by atomic mass is 16.5. The molecule has 4 aromatic carbocycles. The Morgan fingerprint density at radius 2 is 0.812 bits per heavy atom. The lowest BCUT2D eigenvalue weighted by atomic mass is 9.53. The lowest BCUT2D eigenvalue weighted by Gasteiger charge is -2.57. The van der Waals surface area contributed by atoms with Crippen molar-refractivity contribution in [2.24, 2.45) is 71.0 Å². The fraction of sp³-hybridized carbons (Fsp3) is 0.675. The van der Waals surface area contributed by atoms with E-state index in [4.69, 9.17) is 9.47 Å². The number of esters is 1. The molecule has 16 fully saturated rings. The average Bonchev–Trinajstić information content (AvgIpc) is 2.69. The van der Waals surface area contributed by atoms with Crippen LogP contribution in [0.2, 0.25) is 0 Å². The van der Waals surface area contributed by atoms with Gasteiger partial charge in [-0.1, -0.05) is 55.0 Å². The molecule has 20 rings (SSSR count). The van der Waals surface area contributed by atoms with Crippen LogP contribution in [0.25, 0.3) is 0 Å². The fourth-order valence-corrected chi connectivity index (χ4v) is 22.6. The van der Waals surface area contributed by atoms with Crippen LogP contribution in [0.15, 0.2) is 72.8 Å². The first kappa shape index (κ1) is 59.7. The summed E-state index contributed by atoms with van der Waals surface area (Å²) in [5.41, 5.74) is 13.8. The van der Waals surface area contributed by atoms with Gasteiger partial charge in [-0.15, -0.1) is 0 Å². The van der Waals surface area contributed by atoms with Crippen molar-refractivity contribution in [3.8, 4) is 17.2 Å². The van der Waals surface area contributed by atoms with E-state index in [1.165, 1.54) is 206 Å². The van der Waals surface area contributed by atoms with Crippen LogP contribution in [0.1, 0.15) is 218 Å². The van der Waals surface area contributed by atoms with Crippen LogP contribution in [0, 0.1) is 98.7 Å². The number of carbonyl (C=O) groups is 1. The maximum atomic E-state index is 11.1. The van der Waals surface area contributed by atoms with Gasteiger partial charge < -0.3 is 35.8 Å². The van der Waals surface area contributed by atoms with E-state index in [2.05, 4.69) is 104 Å². The molecule has 0 aliphatic heterocycles. The molecule has 0 aromatic heterocycles. The molecule has 16 aliphatic rings. The van der Waals surface area contributed by atoms with Crippen molar-refractivity contribution in [1.82, 2.24) is 21.3 Å². The maximum Gasteiger partial charge on any atom is 0.308 e. The van der Waals surface area contributed by atoms with Gasteiger partial charge in [0.1, 0.15) is 17.2 Å². The quantitative estimate of drug-likeness (QED) is 0.0593. The van der Waals surface area contributed by atoms with Crippen LogP contribution >= 0.6 is 0 Å². The molecule has 8 nitrogen and oxygen atoms in total. The van der Waals surface area contributed by atoms with Crippen molar-refractivity contribution in [3.63, 3.8) is 0 Å². The van der Waals surface area contributed by atoms with Crippen LogP contribution in [0.3, 0.4) is 0 Å². The number of aryl methyl sites for hydroxylation is 5. The molecule has 0 spiro atoms. The van der Waals surface area contributed by atoms with Crippen molar-refractivity contribution in [1.29, 1.82) is 0 Å². The summed E-state index contributed by atoms with van der Waals surface area (Å²) < 4.78 is 10.5. The highest BCUT2D eigenvalue weighted by Gasteiger charge is 2.54. The van der Waals surface area contributed by atoms with E-state index in [1.807, 2.05) is 25.1 Å².